The van der Waals surface area contributed by atoms with Crippen LogP contribution in [0.1, 0.15) is 48.9 Å². The Kier molecular flexibility index (Phi) is 4.93. The van der Waals surface area contributed by atoms with Crippen molar-refractivity contribution < 1.29 is 4.79 Å². The normalized spacial score (nSPS) is 23.2. The summed E-state index contributed by atoms with van der Waals surface area (Å²) in [5.41, 5.74) is 6.64. The van der Waals surface area contributed by atoms with Crippen LogP contribution < -0.4 is 10.6 Å². The van der Waals surface area contributed by atoms with Crippen molar-refractivity contribution in [2.45, 2.75) is 44.6 Å². The van der Waals surface area contributed by atoms with Gasteiger partial charge in [0.05, 0.1) is 5.56 Å². The number of rotatable bonds is 2. The molecule has 2 N–H and O–H groups in total. The second kappa shape index (κ2) is 7.09. The molecule has 2 aliphatic heterocycles. The molecule has 0 bridgehead atoms. The number of hydrogen-bond acceptors (Lipinski definition) is 4. The Balaban J connectivity index is 1.66. The Labute approximate surface area is 132 Å². The number of amides is 1. The number of anilines is 1. The Morgan fingerprint density at radius 3 is 2.50 bits per heavy atom. The molecule has 3 heterocycles. The van der Waals surface area contributed by atoms with Crippen LogP contribution >= 0.6 is 0 Å². The number of nitrogens with zero attached hydrogens (tertiary/aromatic N) is 3. The van der Waals surface area contributed by atoms with E-state index in [-0.39, 0.29) is 11.9 Å². The maximum absolute atomic E-state index is 12.5. The van der Waals surface area contributed by atoms with Crippen LogP contribution in [-0.4, -0.2) is 48.0 Å². The zero-order valence-corrected chi connectivity index (χ0v) is 13.2. The largest absolute Gasteiger partial charge is 0.357 e. The third kappa shape index (κ3) is 3.58. The molecular formula is C17H26N4O. The first kappa shape index (κ1) is 15.3. The topological polar surface area (TPSA) is 62.5 Å². The molecule has 2 fully saturated rings. The van der Waals surface area contributed by atoms with Crippen LogP contribution in [-0.2, 0) is 0 Å². The van der Waals surface area contributed by atoms with Crippen LogP contribution in [0.15, 0.2) is 18.3 Å². The van der Waals surface area contributed by atoms with Gasteiger partial charge in [0.1, 0.15) is 5.82 Å². The predicted octanol–water partition coefficient (Wildman–Crippen LogP) is 2.03. The second-order valence-corrected chi connectivity index (χ2v) is 6.46. The van der Waals surface area contributed by atoms with E-state index in [0.717, 1.165) is 38.3 Å². The van der Waals surface area contributed by atoms with Crippen LogP contribution in [0.3, 0.4) is 0 Å². The van der Waals surface area contributed by atoms with E-state index < -0.39 is 0 Å². The summed E-state index contributed by atoms with van der Waals surface area (Å²) in [6.07, 6.45) is 8.80. The quantitative estimate of drug-likeness (QED) is 0.908. The Morgan fingerprint density at radius 2 is 1.86 bits per heavy atom. The zero-order valence-electron chi connectivity index (χ0n) is 13.2. The lowest BCUT2D eigenvalue weighted by Gasteiger charge is -2.30. The maximum Gasteiger partial charge on any atom is 0.255 e. The number of aromatic nitrogens is 1. The Morgan fingerprint density at radius 1 is 1.09 bits per heavy atom. The van der Waals surface area contributed by atoms with Crippen LogP contribution in [0, 0.1) is 0 Å². The van der Waals surface area contributed by atoms with Crippen molar-refractivity contribution in [3.8, 4) is 0 Å². The summed E-state index contributed by atoms with van der Waals surface area (Å²) in [6.45, 7) is 3.61. The van der Waals surface area contributed by atoms with Crippen LogP contribution in [0.5, 0.6) is 0 Å². The lowest BCUT2D eigenvalue weighted by atomic mass is 10.1. The summed E-state index contributed by atoms with van der Waals surface area (Å²) in [5.74, 6) is 1.05. The summed E-state index contributed by atoms with van der Waals surface area (Å²) < 4.78 is 0. The Hall–Kier alpha value is -1.62. The average Bonchev–Trinajstić information content (AvgIpc) is 2.84. The molecule has 0 radical (unpaired) electrons. The first-order valence-corrected chi connectivity index (χ1v) is 8.50. The fourth-order valence-corrected chi connectivity index (χ4v) is 3.38. The van der Waals surface area contributed by atoms with E-state index in [2.05, 4.69) is 9.88 Å². The monoisotopic (exact) mass is 302 g/mol. The highest BCUT2D eigenvalue weighted by Crippen LogP contribution is 2.18. The molecule has 3 rings (SSSR count). The highest BCUT2D eigenvalue weighted by atomic mass is 16.2. The van der Waals surface area contributed by atoms with Gasteiger partial charge in [-0.3, -0.25) is 4.79 Å². The standard InChI is InChI=1S/C17H26N4O/c18-15-6-5-11-21(13-15)17(22)14-7-8-16(19-12-14)20-9-3-1-2-4-10-20/h7-8,12,15H,1-6,9-11,13,18H2. The van der Waals surface area contributed by atoms with Gasteiger partial charge in [0.25, 0.3) is 5.91 Å². The molecule has 1 aromatic heterocycles. The van der Waals surface area contributed by atoms with E-state index in [9.17, 15) is 4.79 Å². The van der Waals surface area contributed by atoms with Crippen molar-refractivity contribution in [3.63, 3.8) is 0 Å². The van der Waals surface area contributed by atoms with Gasteiger partial charge in [-0.25, -0.2) is 4.98 Å². The molecule has 0 aliphatic carbocycles. The minimum Gasteiger partial charge on any atom is -0.357 e. The summed E-state index contributed by atoms with van der Waals surface area (Å²) >= 11 is 0. The van der Waals surface area contributed by atoms with Crippen LogP contribution in [0.4, 0.5) is 5.82 Å². The molecule has 120 valence electrons. The van der Waals surface area contributed by atoms with Gasteiger partial charge in [-0.15, -0.1) is 0 Å². The number of piperidine rings is 1. The predicted molar refractivity (Wildman–Crippen MR) is 88.0 cm³/mol. The molecular weight excluding hydrogens is 276 g/mol. The number of pyridine rings is 1. The number of nitrogens with two attached hydrogens (primary N) is 1. The van der Waals surface area contributed by atoms with Crippen molar-refractivity contribution in [1.82, 2.24) is 9.88 Å². The fraction of sp³-hybridized carbons (Fsp3) is 0.647. The number of carbonyl (C=O) groups excluding carboxylic acids is 1. The maximum atomic E-state index is 12.5. The molecule has 22 heavy (non-hydrogen) atoms. The summed E-state index contributed by atoms with van der Waals surface area (Å²) in [4.78, 5) is 21.2. The molecule has 1 unspecified atom stereocenters. The van der Waals surface area contributed by atoms with Crippen molar-refractivity contribution in [2.75, 3.05) is 31.1 Å². The molecule has 1 amide bonds. The molecule has 1 aromatic rings. The van der Waals surface area contributed by atoms with Gasteiger partial charge in [0.15, 0.2) is 0 Å². The minimum absolute atomic E-state index is 0.0602. The van der Waals surface area contributed by atoms with Gasteiger partial charge >= 0.3 is 0 Å². The summed E-state index contributed by atoms with van der Waals surface area (Å²) in [5, 5.41) is 0. The first-order valence-electron chi connectivity index (χ1n) is 8.50. The Bertz CT molecular complexity index is 494. The van der Waals surface area contributed by atoms with Gasteiger partial charge in [-0.2, -0.15) is 0 Å². The lowest BCUT2D eigenvalue weighted by molar-refractivity contribution is 0.0708. The average molecular weight is 302 g/mol. The molecule has 5 nitrogen and oxygen atoms in total. The molecule has 0 aromatic carbocycles. The third-order valence-corrected chi connectivity index (χ3v) is 4.67. The van der Waals surface area contributed by atoms with Gasteiger partial charge in [0, 0.05) is 38.4 Å². The zero-order chi connectivity index (χ0) is 15.4. The minimum atomic E-state index is 0.0602. The summed E-state index contributed by atoms with van der Waals surface area (Å²) in [7, 11) is 0. The smallest absolute Gasteiger partial charge is 0.255 e. The lowest BCUT2D eigenvalue weighted by Crippen LogP contribution is -2.45. The van der Waals surface area contributed by atoms with Gasteiger partial charge in [-0.1, -0.05) is 12.8 Å². The van der Waals surface area contributed by atoms with Crippen LogP contribution in [0.25, 0.3) is 0 Å². The molecule has 1 atom stereocenters. The van der Waals surface area contributed by atoms with Crippen molar-refractivity contribution in [2.24, 2.45) is 5.73 Å². The molecule has 2 saturated heterocycles. The van der Waals surface area contributed by atoms with E-state index in [4.69, 9.17) is 5.73 Å². The van der Waals surface area contributed by atoms with E-state index in [1.165, 1.54) is 25.7 Å². The number of carbonyl (C=O) groups is 1. The third-order valence-electron chi connectivity index (χ3n) is 4.67. The van der Waals surface area contributed by atoms with E-state index in [0.29, 0.717) is 12.1 Å². The SMILES string of the molecule is NC1CCCN(C(=O)c2ccc(N3CCCCCC3)nc2)C1. The number of hydrogen-bond donors (Lipinski definition) is 1. The van der Waals surface area contributed by atoms with E-state index >= 15 is 0 Å². The highest BCUT2D eigenvalue weighted by molar-refractivity contribution is 5.94. The molecule has 2 aliphatic rings. The van der Waals surface area contributed by atoms with E-state index in [1.807, 2.05) is 17.0 Å². The van der Waals surface area contributed by atoms with Gasteiger partial charge in [-0.05, 0) is 37.8 Å². The van der Waals surface area contributed by atoms with Gasteiger partial charge < -0.3 is 15.5 Å². The number of likely N-dealkylation sites (tertiary alicyclic amines) is 1. The van der Waals surface area contributed by atoms with Gasteiger partial charge in [0.2, 0.25) is 0 Å². The first-order chi connectivity index (χ1) is 10.7. The summed E-state index contributed by atoms with van der Waals surface area (Å²) in [6, 6.07) is 4.01. The highest BCUT2D eigenvalue weighted by Gasteiger charge is 2.22. The van der Waals surface area contributed by atoms with Crippen molar-refractivity contribution >= 4 is 11.7 Å². The second-order valence-electron chi connectivity index (χ2n) is 6.46. The fourth-order valence-electron chi connectivity index (χ4n) is 3.38. The molecule has 0 spiro atoms. The molecule has 5 heteroatoms. The van der Waals surface area contributed by atoms with Crippen molar-refractivity contribution in [3.05, 3.63) is 23.9 Å². The van der Waals surface area contributed by atoms with E-state index in [1.54, 1.807) is 6.20 Å². The molecule has 0 saturated carbocycles. The van der Waals surface area contributed by atoms with Crippen LogP contribution in [0.2, 0.25) is 0 Å². The van der Waals surface area contributed by atoms with Crippen molar-refractivity contribution in [1.29, 1.82) is 0 Å².